The number of nitrogens with one attached hydrogen (secondary N) is 1. The molecular formula is C18H16F2N4O. The first-order valence-corrected chi connectivity index (χ1v) is 7.98. The summed E-state index contributed by atoms with van der Waals surface area (Å²) in [6.07, 6.45) is 3.50. The summed E-state index contributed by atoms with van der Waals surface area (Å²) in [5.41, 5.74) is 4.86. The summed E-state index contributed by atoms with van der Waals surface area (Å²) in [4.78, 5) is 4.08. The topological polar surface area (TPSA) is 52.0 Å². The maximum atomic E-state index is 12.3. The summed E-state index contributed by atoms with van der Waals surface area (Å²) < 4.78 is 31.1. The summed E-state index contributed by atoms with van der Waals surface area (Å²) in [7, 11) is 0. The van der Waals surface area contributed by atoms with Gasteiger partial charge in [0.25, 0.3) is 0 Å². The van der Waals surface area contributed by atoms with E-state index in [0.717, 1.165) is 47.7 Å². The summed E-state index contributed by atoms with van der Waals surface area (Å²) in [5, 5.41) is 8.12. The van der Waals surface area contributed by atoms with Gasteiger partial charge in [-0.25, -0.2) is 0 Å². The van der Waals surface area contributed by atoms with E-state index in [1.54, 1.807) is 24.5 Å². The van der Waals surface area contributed by atoms with Crippen molar-refractivity contribution in [3.63, 3.8) is 0 Å². The molecule has 4 rings (SSSR count). The first kappa shape index (κ1) is 15.7. The van der Waals surface area contributed by atoms with Gasteiger partial charge in [0.15, 0.2) is 0 Å². The minimum Gasteiger partial charge on any atom is -0.435 e. The van der Waals surface area contributed by atoms with E-state index < -0.39 is 6.61 Å². The molecule has 1 aromatic carbocycles. The fraction of sp³-hybridized carbons (Fsp3) is 0.222. The summed E-state index contributed by atoms with van der Waals surface area (Å²) in [6, 6.07) is 10.5. The first-order valence-electron chi connectivity index (χ1n) is 7.98. The van der Waals surface area contributed by atoms with Gasteiger partial charge < -0.3 is 10.1 Å². The van der Waals surface area contributed by atoms with Gasteiger partial charge in [-0.2, -0.15) is 13.9 Å². The minimum atomic E-state index is -2.83. The SMILES string of the molecule is FC(F)Oc1ccc(-c2nn3c(c2-c2ccncc2)CNCC3)cc1. The second-order valence-electron chi connectivity index (χ2n) is 5.71. The molecule has 0 atom stereocenters. The molecule has 3 aromatic rings. The number of fused-ring (bicyclic) bond motifs is 1. The molecule has 25 heavy (non-hydrogen) atoms. The highest BCUT2D eigenvalue weighted by Gasteiger charge is 2.22. The highest BCUT2D eigenvalue weighted by molar-refractivity contribution is 5.82. The van der Waals surface area contributed by atoms with Crippen LogP contribution < -0.4 is 10.1 Å². The summed E-state index contributed by atoms with van der Waals surface area (Å²) >= 11 is 0. The Morgan fingerprint density at radius 1 is 1.04 bits per heavy atom. The number of pyridine rings is 1. The lowest BCUT2D eigenvalue weighted by Gasteiger charge is -2.16. The quantitative estimate of drug-likeness (QED) is 0.790. The number of halogens is 2. The Bertz CT molecular complexity index is 863. The van der Waals surface area contributed by atoms with Crippen molar-refractivity contribution in [1.29, 1.82) is 0 Å². The van der Waals surface area contributed by atoms with Crippen molar-refractivity contribution in [3.8, 4) is 28.1 Å². The minimum absolute atomic E-state index is 0.134. The average molecular weight is 342 g/mol. The van der Waals surface area contributed by atoms with E-state index in [0.29, 0.717) is 0 Å². The maximum Gasteiger partial charge on any atom is 0.387 e. The molecular weight excluding hydrogens is 326 g/mol. The normalized spacial score (nSPS) is 13.7. The van der Waals surface area contributed by atoms with Gasteiger partial charge in [-0.05, 0) is 42.0 Å². The molecule has 1 aliphatic heterocycles. The molecule has 0 aliphatic carbocycles. The maximum absolute atomic E-state index is 12.3. The van der Waals surface area contributed by atoms with E-state index in [1.165, 1.54) is 12.1 Å². The largest absolute Gasteiger partial charge is 0.435 e. The molecule has 1 aliphatic rings. The zero-order valence-electron chi connectivity index (χ0n) is 13.3. The lowest BCUT2D eigenvalue weighted by atomic mass is 9.99. The monoisotopic (exact) mass is 342 g/mol. The standard InChI is InChI=1S/C18H16F2N4O/c19-18(20)25-14-3-1-13(2-4-14)17-16(12-5-7-21-8-6-12)15-11-22-9-10-24(15)23-17/h1-8,18,22H,9-11H2. The molecule has 0 fully saturated rings. The van der Waals surface area contributed by atoms with Gasteiger partial charge in [-0.3, -0.25) is 9.67 Å². The molecule has 0 spiro atoms. The van der Waals surface area contributed by atoms with Crippen LogP contribution in [0.1, 0.15) is 5.69 Å². The molecule has 0 saturated heterocycles. The predicted molar refractivity (Wildman–Crippen MR) is 89.2 cm³/mol. The van der Waals surface area contributed by atoms with Crippen LogP contribution in [-0.2, 0) is 13.1 Å². The number of ether oxygens (including phenoxy) is 1. The number of alkyl halides is 2. The van der Waals surface area contributed by atoms with Gasteiger partial charge in [0.1, 0.15) is 11.4 Å². The van der Waals surface area contributed by atoms with Crippen LogP contribution in [0.3, 0.4) is 0 Å². The smallest absolute Gasteiger partial charge is 0.387 e. The molecule has 0 radical (unpaired) electrons. The molecule has 0 amide bonds. The van der Waals surface area contributed by atoms with E-state index in [-0.39, 0.29) is 5.75 Å². The number of rotatable bonds is 4. The van der Waals surface area contributed by atoms with Gasteiger partial charge in [-0.15, -0.1) is 0 Å². The van der Waals surface area contributed by atoms with Crippen LogP contribution in [0.2, 0.25) is 0 Å². The molecule has 0 saturated carbocycles. The predicted octanol–water partition coefficient (Wildman–Crippen LogP) is 3.32. The second-order valence-corrected chi connectivity index (χ2v) is 5.71. The summed E-state index contributed by atoms with van der Waals surface area (Å²) in [5.74, 6) is 0.134. The first-order chi connectivity index (χ1) is 12.2. The second kappa shape index (κ2) is 6.60. The van der Waals surface area contributed by atoms with Crippen LogP contribution in [0.4, 0.5) is 8.78 Å². The fourth-order valence-electron chi connectivity index (χ4n) is 3.07. The highest BCUT2D eigenvalue weighted by Crippen LogP contribution is 2.35. The molecule has 2 aromatic heterocycles. The van der Waals surface area contributed by atoms with Gasteiger partial charge in [0, 0.05) is 36.6 Å². The van der Waals surface area contributed by atoms with Crippen molar-refractivity contribution >= 4 is 0 Å². The number of hydrogen-bond donors (Lipinski definition) is 1. The van der Waals surface area contributed by atoms with Crippen LogP contribution >= 0.6 is 0 Å². The Labute approximate surface area is 143 Å². The number of hydrogen-bond acceptors (Lipinski definition) is 4. The fourth-order valence-corrected chi connectivity index (χ4v) is 3.07. The molecule has 5 nitrogen and oxygen atoms in total. The third-order valence-corrected chi connectivity index (χ3v) is 4.17. The van der Waals surface area contributed by atoms with Gasteiger partial charge >= 0.3 is 6.61 Å². The lowest BCUT2D eigenvalue weighted by Crippen LogP contribution is -2.28. The van der Waals surface area contributed by atoms with Gasteiger partial charge in [0.2, 0.25) is 0 Å². The molecule has 7 heteroatoms. The average Bonchev–Trinajstić information content (AvgIpc) is 3.02. The Kier molecular flexibility index (Phi) is 4.15. The van der Waals surface area contributed by atoms with E-state index >= 15 is 0 Å². The Morgan fingerprint density at radius 2 is 1.80 bits per heavy atom. The third-order valence-electron chi connectivity index (χ3n) is 4.17. The van der Waals surface area contributed by atoms with Crippen molar-refractivity contribution in [2.45, 2.75) is 19.7 Å². The van der Waals surface area contributed by atoms with Crippen LogP contribution in [0.15, 0.2) is 48.8 Å². The van der Waals surface area contributed by atoms with E-state index in [4.69, 9.17) is 5.10 Å². The zero-order chi connectivity index (χ0) is 17.2. The third kappa shape index (κ3) is 3.10. The zero-order valence-corrected chi connectivity index (χ0v) is 13.3. The molecule has 1 N–H and O–H groups in total. The molecule has 3 heterocycles. The Balaban J connectivity index is 1.80. The Hall–Kier alpha value is -2.80. The van der Waals surface area contributed by atoms with Crippen molar-refractivity contribution in [2.75, 3.05) is 6.54 Å². The highest BCUT2D eigenvalue weighted by atomic mass is 19.3. The Morgan fingerprint density at radius 3 is 2.52 bits per heavy atom. The van der Waals surface area contributed by atoms with E-state index in [2.05, 4.69) is 15.0 Å². The number of nitrogens with zero attached hydrogens (tertiary/aromatic N) is 3. The van der Waals surface area contributed by atoms with Crippen LogP contribution in [0, 0.1) is 0 Å². The van der Waals surface area contributed by atoms with Gasteiger partial charge in [-0.1, -0.05) is 0 Å². The molecule has 0 unspecified atom stereocenters. The van der Waals surface area contributed by atoms with Crippen molar-refractivity contribution in [1.82, 2.24) is 20.1 Å². The van der Waals surface area contributed by atoms with Crippen molar-refractivity contribution in [2.24, 2.45) is 0 Å². The number of benzene rings is 1. The lowest BCUT2D eigenvalue weighted by molar-refractivity contribution is -0.0498. The van der Waals surface area contributed by atoms with Crippen LogP contribution in [-0.4, -0.2) is 27.9 Å². The van der Waals surface area contributed by atoms with E-state index in [9.17, 15) is 8.78 Å². The van der Waals surface area contributed by atoms with Gasteiger partial charge in [0.05, 0.1) is 12.2 Å². The van der Waals surface area contributed by atoms with Crippen LogP contribution in [0.25, 0.3) is 22.4 Å². The van der Waals surface area contributed by atoms with Crippen molar-refractivity contribution < 1.29 is 13.5 Å². The summed E-state index contributed by atoms with van der Waals surface area (Å²) in [6.45, 7) is -0.438. The van der Waals surface area contributed by atoms with E-state index in [1.807, 2.05) is 16.8 Å². The van der Waals surface area contributed by atoms with Crippen LogP contribution in [0.5, 0.6) is 5.75 Å². The molecule has 128 valence electrons. The number of aromatic nitrogens is 3. The van der Waals surface area contributed by atoms with Crippen molar-refractivity contribution in [3.05, 3.63) is 54.5 Å². The molecule has 0 bridgehead atoms.